The summed E-state index contributed by atoms with van der Waals surface area (Å²) in [4.78, 5) is 19.7. The average molecular weight is 488 g/mol. The van der Waals surface area contributed by atoms with Crippen molar-refractivity contribution in [1.82, 2.24) is 0 Å². The standard InChI is InChI=1S/C22H31ClNO5PS/c1-4-10-22(24,14-29-30(26,27)28)11-9-16-5-7-18(13-19(16)23)31-21-12-17(15(2)3)6-8-20(21)25/h5-8,12-13,15,25H,4,9-11,14,24H2,1-3H3,(H2,26,27,28). The summed E-state index contributed by atoms with van der Waals surface area (Å²) in [7, 11) is -4.57. The van der Waals surface area contributed by atoms with Crippen LogP contribution in [-0.2, 0) is 15.5 Å². The first-order valence-corrected chi connectivity index (χ1v) is 12.9. The van der Waals surface area contributed by atoms with Crippen molar-refractivity contribution >= 4 is 31.2 Å². The Morgan fingerprint density at radius 1 is 1.19 bits per heavy atom. The molecule has 0 radical (unpaired) electrons. The topological polar surface area (TPSA) is 113 Å². The molecule has 0 heterocycles. The van der Waals surface area contributed by atoms with E-state index in [2.05, 4.69) is 18.4 Å². The van der Waals surface area contributed by atoms with Crippen molar-refractivity contribution in [3.63, 3.8) is 0 Å². The Labute approximate surface area is 193 Å². The molecule has 31 heavy (non-hydrogen) atoms. The van der Waals surface area contributed by atoms with Gasteiger partial charge >= 0.3 is 7.82 Å². The predicted octanol–water partition coefficient (Wildman–Crippen LogP) is 5.86. The van der Waals surface area contributed by atoms with Crippen LogP contribution in [0.15, 0.2) is 46.2 Å². The fourth-order valence-electron chi connectivity index (χ4n) is 3.26. The number of aryl methyl sites for hydroxylation is 1. The van der Waals surface area contributed by atoms with E-state index in [0.717, 1.165) is 27.3 Å². The number of phosphoric ester groups is 1. The summed E-state index contributed by atoms with van der Waals surface area (Å²) in [5, 5.41) is 10.8. The van der Waals surface area contributed by atoms with Crippen molar-refractivity contribution < 1.29 is 24.0 Å². The zero-order valence-electron chi connectivity index (χ0n) is 18.0. The normalized spacial score (nSPS) is 14.1. The second kappa shape index (κ2) is 11.2. The van der Waals surface area contributed by atoms with Gasteiger partial charge in [0.1, 0.15) is 5.75 Å². The van der Waals surface area contributed by atoms with Gasteiger partial charge in [-0.3, -0.25) is 4.52 Å². The van der Waals surface area contributed by atoms with Crippen LogP contribution in [0.3, 0.4) is 0 Å². The maximum atomic E-state index is 11.1. The molecule has 0 fully saturated rings. The van der Waals surface area contributed by atoms with Crippen LogP contribution in [0.5, 0.6) is 5.75 Å². The van der Waals surface area contributed by atoms with Gasteiger partial charge in [0.15, 0.2) is 0 Å². The molecule has 2 rings (SSSR count). The highest BCUT2D eigenvalue weighted by Gasteiger charge is 2.28. The molecule has 0 bridgehead atoms. The summed E-state index contributed by atoms with van der Waals surface area (Å²) in [5.74, 6) is 0.590. The van der Waals surface area contributed by atoms with Crippen molar-refractivity contribution in [3.05, 3.63) is 52.5 Å². The third-order valence-corrected chi connectivity index (χ3v) is 6.92. The molecule has 0 saturated carbocycles. The first-order chi connectivity index (χ1) is 14.4. The summed E-state index contributed by atoms with van der Waals surface area (Å²) < 4.78 is 15.7. The Morgan fingerprint density at radius 3 is 2.48 bits per heavy atom. The van der Waals surface area contributed by atoms with E-state index < -0.39 is 13.4 Å². The minimum Gasteiger partial charge on any atom is -0.507 e. The molecule has 5 N–H and O–H groups in total. The molecule has 6 nitrogen and oxygen atoms in total. The van der Waals surface area contributed by atoms with Gasteiger partial charge in [-0.05, 0) is 60.6 Å². The minimum atomic E-state index is -4.57. The number of rotatable bonds is 11. The first kappa shape index (κ1) is 26.2. The van der Waals surface area contributed by atoms with Crippen LogP contribution in [0.25, 0.3) is 0 Å². The van der Waals surface area contributed by atoms with Crippen LogP contribution in [0.1, 0.15) is 57.1 Å². The van der Waals surface area contributed by atoms with Gasteiger partial charge in [0.2, 0.25) is 0 Å². The second-order valence-electron chi connectivity index (χ2n) is 8.11. The Hall–Kier alpha value is -1.05. The molecule has 1 unspecified atom stereocenters. The Balaban J connectivity index is 2.10. The zero-order chi connectivity index (χ0) is 23.2. The number of phenols is 1. The minimum absolute atomic E-state index is 0.220. The average Bonchev–Trinajstić information content (AvgIpc) is 2.67. The molecule has 0 amide bonds. The smallest absolute Gasteiger partial charge is 0.469 e. The van der Waals surface area contributed by atoms with Crippen LogP contribution in [0, 0.1) is 0 Å². The monoisotopic (exact) mass is 487 g/mol. The van der Waals surface area contributed by atoms with Crippen LogP contribution in [0.2, 0.25) is 5.02 Å². The van der Waals surface area contributed by atoms with E-state index in [1.165, 1.54) is 11.8 Å². The van der Waals surface area contributed by atoms with Crippen molar-refractivity contribution in [2.75, 3.05) is 6.61 Å². The van der Waals surface area contributed by atoms with Gasteiger partial charge in [-0.1, -0.05) is 62.7 Å². The van der Waals surface area contributed by atoms with E-state index in [4.69, 9.17) is 27.1 Å². The number of hydrogen-bond donors (Lipinski definition) is 4. The van der Waals surface area contributed by atoms with Crippen LogP contribution in [-0.4, -0.2) is 27.0 Å². The largest absolute Gasteiger partial charge is 0.507 e. The number of hydrogen-bond acceptors (Lipinski definition) is 5. The van der Waals surface area contributed by atoms with Gasteiger partial charge in [0, 0.05) is 15.5 Å². The van der Waals surface area contributed by atoms with E-state index in [9.17, 15) is 9.67 Å². The SMILES string of the molecule is CCCC(N)(CCc1ccc(Sc2cc(C(C)C)ccc2O)cc1Cl)COP(=O)(O)O. The molecule has 1 atom stereocenters. The fourth-order valence-corrected chi connectivity index (χ4v) is 4.96. The van der Waals surface area contributed by atoms with E-state index in [1.807, 2.05) is 37.3 Å². The van der Waals surface area contributed by atoms with Gasteiger partial charge in [-0.25, -0.2) is 4.57 Å². The number of phosphoric acid groups is 1. The molecule has 0 aliphatic heterocycles. The summed E-state index contributed by atoms with van der Waals surface area (Å²) in [6, 6.07) is 11.3. The lowest BCUT2D eigenvalue weighted by atomic mass is 9.89. The molecule has 0 spiro atoms. The first-order valence-electron chi connectivity index (χ1n) is 10.2. The molecule has 0 aliphatic rings. The van der Waals surface area contributed by atoms with Crippen molar-refractivity contribution in [2.45, 2.75) is 67.7 Å². The number of nitrogens with two attached hydrogens (primary N) is 1. The molecule has 172 valence electrons. The summed E-state index contributed by atoms with van der Waals surface area (Å²) in [6.45, 7) is 5.95. The third-order valence-electron chi connectivity index (χ3n) is 5.06. The predicted molar refractivity (Wildman–Crippen MR) is 126 cm³/mol. The van der Waals surface area contributed by atoms with Crippen molar-refractivity contribution in [1.29, 1.82) is 0 Å². The van der Waals surface area contributed by atoms with Gasteiger partial charge in [0.05, 0.1) is 11.5 Å². The van der Waals surface area contributed by atoms with Crippen molar-refractivity contribution in [3.8, 4) is 5.75 Å². The molecule has 0 aromatic heterocycles. The molecule has 9 heteroatoms. The van der Waals surface area contributed by atoms with Crippen LogP contribution in [0.4, 0.5) is 0 Å². The molecular weight excluding hydrogens is 457 g/mol. The highest BCUT2D eigenvalue weighted by atomic mass is 35.5. The second-order valence-corrected chi connectivity index (χ2v) is 10.9. The molecular formula is C22H31ClNO5PS. The highest BCUT2D eigenvalue weighted by molar-refractivity contribution is 7.99. The van der Waals surface area contributed by atoms with Gasteiger partial charge < -0.3 is 20.6 Å². The lowest BCUT2D eigenvalue weighted by Crippen LogP contribution is -2.44. The van der Waals surface area contributed by atoms with E-state index in [0.29, 0.717) is 30.2 Å². The molecule has 2 aromatic rings. The van der Waals surface area contributed by atoms with Crippen molar-refractivity contribution in [2.24, 2.45) is 5.73 Å². The molecule has 0 aliphatic carbocycles. The van der Waals surface area contributed by atoms with Crippen LogP contribution < -0.4 is 5.73 Å². The zero-order valence-corrected chi connectivity index (χ0v) is 20.5. The van der Waals surface area contributed by atoms with Gasteiger partial charge in [-0.2, -0.15) is 0 Å². The maximum absolute atomic E-state index is 11.1. The van der Waals surface area contributed by atoms with Gasteiger partial charge in [-0.15, -0.1) is 0 Å². The molecule has 2 aromatic carbocycles. The van der Waals surface area contributed by atoms with Crippen LogP contribution >= 0.6 is 31.2 Å². The highest BCUT2D eigenvalue weighted by Crippen LogP contribution is 2.39. The summed E-state index contributed by atoms with van der Waals surface area (Å²) >= 11 is 7.95. The number of halogens is 1. The Morgan fingerprint density at radius 2 is 1.90 bits per heavy atom. The van der Waals surface area contributed by atoms with Gasteiger partial charge in [0.25, 0.3) is 0 Å². The van der Waals surface area contributed by atoms with E-state index in [1.54, 1.807) is 6.07 Å². The Bertz CT molecular complexity index is 936. The maximum Gasteiger partial charge on any atom is 0.469 e. The number of aromatic hydroxyl groups is 1. The number of benzene rings is 2. The van der Waals surface area contributed by atoms with E-state index >= 15 is 0 Å². The third kappa shape index (κ3) is 8.43. The molecule has 0 saturated heterocycles. The fraction of sp³-hybridized carbons (Fsp3) is 0.455. The summed E-state index contributed by atoms with van der Waals surface area (Å²) in [5.41, 5.74) is 7.55. The lowest BCUT2D eigenvalue weighted by Gasteiger charge is -2.29. The number of phenolic OH excluding ortho intramolecular Hbond substituents is 1. The lowest BCUT2D eigenvalue weighted by molar-refractivity contribution is 0.141. The summed E-state index contributed by atoms with van der Waals surface area (Å²) in [6.07, 6.45) is 2.37. The quantitative estimate of drug-likeness (QED) is 0.293. The Kier molecular flexibility index (Phi) is 9.46. The van der Waals surface area contributed by atoms with E-state index in [-0.39, 0.29) is 12.4 Å².